The first-order chi connectivity index (χ1) is 9.52. The zero-order valence-electron chi connectivity index (χ0n) is 12.9. The fraction of sp³-hybridized carbons (Fsp3) is 0.471. The van der Waals surface area contributed by atoms with Gasteiger partial charge in [0.25, 0.3) is 0 Å². The molecule has 108 valence electrons. The molecule has 0 unspecified atom stereocenters. The second kappa shape index (κ2) is 6.23. The van der Waals surface area contributed by atoms with Gasteiger partial charge in [-0.2, -0.15) is 0 Å². The number of hydrogen-bond donors (Lipinski definition) is 1. The summed E-state index contributed by atoms with van der Waals surface area (Å²) in [5, 5.41) is 1.21. The summed E-state index contributed by atoms with van der Waals surface area (Å²) < 4.78 is 0. The molecule has 2 rings (SSSR count). The number of nitrogens with zero attached hydrogens (tertiary/aromatic N) is 2. The van der Waals surface area contributed by atoms with Gasteiger partial charge in [0.15, 0.2) is 0 Å². The van der Waals surface area contributed by atoms with Crippen LogP contribution < -0.4 is 10.6 Å². The second-order valence-electron chi connectivity index (χ2n) is 5.99. The second-order valence-corrected chi connectivity index (χ2v) is 5.99. The summed E-state index contributed by atoms with van der Waals surface area (Å²) in [6.45, 7) is 10.5. The Morgan fingerprint density at radius 3 is 2.45 bits per heavy atom. The maximum atomic E-state index is 5.81. The molecule has 2 N–H and O–H groups in total. The van der Waals surface area contributed by atoms with Gasteiger partial charge in [-0.05, 0) is 31.9 Å². The van der Waals surface area contributed by atoms with Crippen LogP contribution in [0.25, 0.3) is 10.9 Å². The largest absolute Gasteiger partial charge is 0.368 e. The Kier molecular flexibility index (Phi) is 4.61. The lowest BCUT2D eigenvalue weighted by molar-refractivity contribution is 0.572. The molecule has 3 nitrogen and oxygen atoms in total. The number of anilines is 1. The fourth-order valence-electron chi connectivity index (χ4n) is 2.53. The summed E-state index contributed by atoms with van der Waals surface area (Å²) in [5.74, 6) is 0.616. The van der Waals surface area contributed by atoms with Crippen molar-refractivity contribution in [1.29, 1.82) is 0 Å². The van der Waals surface area contributed by atoms with Gasteiger partial charge >= 0.3 is 0 Å². The average molecular weight is 271 g/mol. The number of rotatable bonds is 5. The van der Waals surface area contributed by atoms with Crippen LogP contribution in [0.4, 0.5) is 5.69 Å². The number of nitrogens with two attached hydrogens (primary N) is 1. The number of benzene rings is 1. The van der Waals surface area contributed by atoms with Crippen molar-refractivity contribution in [3.8, 4) is 0 Å². The van der Waals surface area contributed by atoms with Gasteiger partial charge in [-0.1, -0.05) is 32.0 Å². The smallest absolute Gasteiger partial charge is 0.0726 e. The van der Waals surface area contributed by atoms with E-state index in [0.717, 1.165) is 17.8 Å². The minimum absolute atomic E-state index is 0.453. The van der Waals surface area contributed by atoms with Gasteiger partial charge in [-0.25, -0.2) is 0 Å². The van der Waals surface area contributed by atoms with E-state index in [2.05, 4.69) is 61.8 Å². The highest BCUT2D eigenvalue weighted by molar-refractivity contribution is 5.92. The molecule has 1 heterocycles. The van der Waals surface area contributed by atoms with Crippen molar-refractivity contribution in [2.75, 3.05) is 11.4 Å². The van der Waals surface area contributed by atoms with Crippen LogP contribution in [0.2, 0.25) is 0 Å². The van der Waals surface area contributed by atoms with E-state index in [9.17, 15) is 0 Å². The molecule has 0 fully saturated rings. The third-order valence-corrected chi connectivity index (χ3v) is 3.45. The highest BCUT2D eigenvalue weighted by Gasteiger charge is 2.16. The number of para-hydroxylation sites is 1. The monoisotopic (exact) mass is 271 g/mol. The minimum atomic E-state index is 0.453. The highest BCUT2D eigenvalue weighted by Crippen LogP contribution is 2.28. The van der Waals surface area contributed by atoms with E-state index in [1.165, 1.54) is 11.1 Å². The van der Waals surface area contributed by atoms with Crippen molar-refractivity contribution in [1.82, 2.24) is 4.98 Å². The van der Waals surface area contributed by atoms with Crippen LogP contribution in [0, 0.1) is 5.92 Å². The first-order valence-electron chi connectivity index (χ1n) is 7.38. The Morgan fingerprint density at radius 2 is 1.85 bits per heavy atom. The van der Waals surface area contributed by atoms with Crippen LogP contribution in [0.3, 0.4) is 0 Å². The zero-order valence-corrected chi connectivity index (χ0v) is 12.9. The first kappa shape index (κ1) is 14.8. The summed E-state index contributed by atoms with van der Waals surface area (Å²) in [5.41, 5.74) is 9.04. The molecule has 0 spiro atoms. The molecule has 0 bridgehead atoms. The SMILES string of the molecule is CC(C)CN(c1cc(CN)nc2ccccc12)C(C)C. The molecule has 0 aliphatic heterocycles. The van der Waals surface area contributed by atoms with Gasteiger partial charge < -0.3 is 10.6 Å². The van der Waals surface area contributed by atoms with E-state index in [0.29, 0.717) is 18.5 Å². The molecule has 0 amide bonds. The van der Waals surface area contributed by atoms with Gasteiger partial charge in [0.2, 0.25) is 0 Å². The maximum absolute atomic E-state index is 5.81. The number of aromatic nitrogens is 1. The van der Waals surface area contributed by atoms with Crippen LogP contribution in [-0.2, 0) is 6.54 Å². The van der Waals surface area contributed by atoms with Crippen molar-refractivity contribution in [2.45, 2.75) is 40.3 Å². The van der Waals surface area contributed by atoms with Crippen LogP contribution in [0.15, 0.2) is 30.3 Å². The molecule has 1 aromatic heterocycles. The van der Waals surface area contributed by atoms with Crippen molar-refractivity contribution in [2.24, 2.45) is 11.7 Å². The summed E-state index contributed by atoms with van der Waals surface area (Å²) >= 11 is 0. The van der Waals surface area contributed by atoms with Crippen molar-refractivity contribution >= 4 is 16.6 Å². The molecule has 2 aromatic rings. The molecule has 0 saturated carbocycles. The van der Waals surface area contributed by atoms with Gasteiger partial charge in [-0.15, -0.1) is 0 Å². The molecule has 20 heavy (non-hydrogen) atoms. The Morgan fingerprint density at radius 1 is 1.15 bits per heavy atom. The predicted octanol–water partition coefficient (Wildman–Crippen LogP) is 3.56. The quantitative estimate of drug-likeness (QED) is 0.904. The summed E-state index contributed by atoms with van der Waals surface area (Å²) in [4.78, 5) is 7.08. The molecule has 0 saturated heterocycles. The molecule has 0 atom stereocenters. The Hall–Kier alpha value is -1.61. The van der Waals surface area contributed by atoms with Gasteiger partial charge in [0.1, 0.15) is 0 Å². The van der Waals surface area contributed by atoms with E-state index in [4.69, 9.17) is 5.73 Å². The third kappa shape index (κ3) is 3.10. The lowest BCUT2D eigenvalue weighted by Gasteiger charge is -2.32. The summed E-state index contributed by atoms with van der Waals surface area (Å²) in [6, 6.07) is 10.9. The van der Waals surface area contributed by atoms with Crippen LogP contribution >= 0.6 is 0 Å². The van der Waals surface area contributed by atoms with E-state index in [1.54, 1.807) is 0 Å². The third-order valence-electron chi connectivity index (χ3n) is 3.45. The van der Waals surface area contributed by atoms with Crippen LogP contribution in [0.5, 0.6) is 0 Å². The van der Waals surface area contributed by atoms with E-state index < -0.39 is 0 Å². The molecule has 0 aliphatic carbocycles. The average Bonchev–Trinajstić information content (AvgIpc) is 2.43. The lowest BCUT2D eigenvalue weighted by atomic mass is 10.1. The molecular formula is C17H25N3. The standard InChI is InChI=1S/C17H25N3/c1-12(2)11-20(13(3)4)17-9-14(10-18)19-16-8-6-5-7-15(16)17/h5-9,12-13H,10-11,18H2,1-4H3. The normalized spacial score (nSPS) is 11.6. The molecule has 3 heteroatoms. The van der Waals surface area contributed by atoms with Crippen molar-refractivity contribution in [3.63, 3.8) is 0 Å². The van der Waals surface area contributed by atoms with Crippen molar-refractivity contribution in [3.05, 3.63) is 36.0 Å². The number of hydrogen-bond acceptors (Lipinski definition) is 3. The van der Waals surface area contributed by atoms with E-state index in [-0.39, 0.29) is 0 Å². The van der Waals surface area contributed by atoms with Crippen LogP contribution in [0.1, 0.15) is 33.4 Å². The Labute approximate surface area is 121 Å². The number of pyridine rings is 1. The van der Waals surface area contributed by atoms with Crippen molar-refractivity contribution < 1.29 is 0 Å². The van der Waals surface area contributed by atoms with E-state index in [1.807, 2.05) is 6.07 Å². The maximum Gasteiger partial charge on any atom is 0.0726 e. The van der Waals surface area contributed by atoms with Gasteiger partial charge in [0.05, 0.1) is 11.2 Å². The molecule has 1 aromatic carbocycles. The Bertz CT molecular complexity index is 575. The minimum Gasteiger partial charge on any atom is -0.368 e. The molecule has 0 aliphatic rings. The molecular weight excluding hydrogens is 246 g/mol. The lowest BCUT2D eigenvalue weighted by Crippen LogP contribution is -2.34. The highest BCUT2D eigenvalue weighted by atomic mass is 15.2. The number of fused-ring (bicyclic) bond motifs is 1. The van der Waals surface area contributed by atoms with Crippen LogP contribution in [-0.4, -0.2) is 17.6 Å². The summed E-state index contributed by atoms with van der Waals surface area (Å²) in [6.07, 6.45) is 0. The Balaban J connectivity index is 2.59. The summed E-state index contributed by atoms with van der Waals surface area (Å²) in [7, 11) is 0. The molecule has 0 radical (unpaired) electrons. The van der Waals surface area contributed by atoms with Gasteiger partial charge in [0, 0.05) is 30.2 Å². The first-order valence-corrected chi connectivity index (χ1v) is 7.38. The van der Waals surface area contributed by atoms with Gasteiger partial charge in [-0.3, -0.25) is 4.98 Å². The van der Waals surface area contributed by atoms with E-state index >= 15 is 0 Å². The zero-order chi connectivity index (χ0) is 14.7. The fourth-order valence-corrected chi connectivity index (χ4v) is 2.53. The topological polar surface area (TPSA) is 42.1 Å². The predicted molar refractivity (Wildman–Crippen MR) is 87.0 cm³/mol.